The number of carbonyl (C=O) groups is 3. The van der Waals surface area contributed by atoms with Gasteiger partial charge in [-0.2, -0.15) is 0 Å². The third-order valence-corrected chi connectivity index (χ3v) is 9.54. The summed E-state index contributed by atoms with van der Waals surface area (Å²) in [6.45, 7) is 5.84. The number of ketones is 1. The standard InChI is InChI=1S/C40H47N3O7/c1-5-24(2)37(39-41-31-16-9-10-17-32(31)42-39)43-34(46)23-30(26-18-20-29(49-4)21-19-26)36-33(45)22-27-13-7-6-8-14-28(44)15-11-12-25(3)50-40(48)35(27)38(36)47/h7,9-10,13,16-22,24-25,30,37,45,47H,5-6,8,11-12,14-15,23H2,1-4H3,(H,41,42)(H,43,46). The predicted octanol–water partition coefficient (Wildman–Crippen LogP) is 7.89. The molecule has 2 heterocycles. The molecule has 0 spiro atoms. The predicted molar refractivity (Wildman–Crippen MR) is 192 cm³/mol. The Morgan fingerprint density at radius 2 is 1.84 bits per heavy atom. The minimum atomic E-state index is -0.854. The normalized spacial score (nSPS) is 17.6. The minimum absolute atomic E-state index is 0.0358. The number of hydrogen-bond donors (Lipinski definition) is 4. The van der Waals surface area contributed by atoms with Crippen molar-refractivity contribution < 1.29 is 34.1 Å². The number of ether oxygens (including phenoxy) is 2. The molecule has 10 nitrogen and oxygen atoms in total. The molecule has 50 heavy (non-hydrogen) atoms. The van der Waals surface area contributed by atoms with Gasteiger partial charge in [-0.15, -0.1) is 0 Å². The number of aromatic nitrogens is 2. The van der Waals surface area contributed by atoms with Gasteiger partial charge >= 0.3 is 5.97 Å². The molecular formula is C40H47N3O7. The Morgan fingerprint density at radius 3 is 2.56 bits per heavy atom. The van der Waals surface area contributed by atoms with Gasteiger partial charge in [-0.05, 0) is 80.0 Å². The molecule has 10 heteroatoms. The number of para-hydroxylation sites is 2. The number of aromatic hydroxyl groups is 2. The number of nitrogens with one attached hydrogen (secondary N) is 2. The van der Waals surface area contributed by atoms with E-state index in [2.05, 4.69) is 10.3 Å². The molecule has 4 aromatic rings. The van der Waals surface area contributed by atoms with E-state index in [4.69, 9.17) is 14.5 Å². The molecule has 0 saturated carbocycles. The second kappa shape index (κ2) is 16.5. The first-order valence-corrected chi connectivity index (χ1v) is 17.5. The zero-order chi connectivity index (χ0) is 35.8. The number of cyclic esters (lactones) is 1. The first kappa shape index (κ1) is 36.2. The third kappa shape index (κ3) is 8.53. The van der Waals surface area contributed by atoms with Crippen molar-refractivity contribution in [2.75, 3.05) is 7.11 Å². The van der Waals surface area contributed by atoms with Crippen molar-refractivity contribution in [3.05, 3.63) is 88.8 Å². The fourth-order valence-electron chi connectivity index (χ4n) is 6.50. The van der Waals surface area contributed by atoms with Crippen molar-refractivity contribution >= 4 is 34.8 Å². The summed E-state index contributed by atoms with van der Waals surface area (Å²) in [5.41, 5.74) is 2.52. The quantitative estimate of drug-likeness (QED) is 0.130. The number of amides is 1. The van der Waals surface area contributed by atoms with Crippen LogP contribution in [0, 0.1) is 5.92 Å². The lowest BCUT2D eigenvalue weighted by molar-refractivity contribution is -0.122. The maximum absolute atomic E-state index is 14.0. The van der Waals surface area contributed by atoms with Gasteiger partial charge in [-0.3, -0.25) is 9.59 Å². The van der Waals surface area contributed by atoms with Crippen LogP contribution in [-0.2, 0) is 14.3 Å². The largest absolute Gasteiger partial charge is 0.507 e. The van der Waals surface area contributed by atoms with Crippen molar-refractivity contribution in [2.45, 2.75) is 90.2 Å². The average Bonchev–Trinajstić information content (AvgIpc) is 3.53. The van der Waals surface area contributed by atoms with Crippen LogP contribution in [-0.4, -0.2) is 51.1 Å². The lowest BCUT2D eigenvalue weighted by Gasteiger charge is -2.26. The highest BCUT2D eigenvalue weighted by Crippen LogP contribution is 2.44. The van der Waals surface area contributed by atoms with Gasteiger partial charge in [0.1, 0.15) is 34.4 Å². The third-order valence-electron chi connectivity index (χ3n) is 9.54. The number of methoxy groups -OCH3 is 1. The van der Waals surface area contributed by atoms with E-state index in [-0.39, 0.29) is 46.5 Å². The highest BCUT2D eigenvalue weighted by molar-refractivity contribution is 5.98. The SMILES string of the molecule is CCC(C)C(NC(=O)CC(c1ccc(OC)cc1)c1c(O)cc2c(c1O)C(=O)OC(C)CCCC(=O)CCCC=C2)c1nc2ccccc2[nH]1. The number of hydrogen-bond acceptors (Lipinski definition) is 8. The van der Waals surface area contributed by atoms with E-state index in [0.717, 1.165) is 17.5 Å². The number of allylic oxidation sites excluding steroid dienone is 1. The van der Waals surface area contributed by atoms with Gasteiger partial charge in [0.2, 0.25) is 5.91 Å². The summed E-state index contributed by atoms with van der Waals surface area (Å²) in [7, 11) is 1.55. The number of carbonyl (C=O) groups excluding carboxylic acids is 3. The molecule has 0 saturated heterocycles. The van der Waals surface area contributed by atoms with E-state index in [1.165, 1.54) is 6.07 Å². The molecule has 5 rings (SSSR count). The van der Waals surface area contributed by atoms with Gasteiger partial charge < -0.3 is 30.0 Å². The summed E-state index contributed by atoms with van der Waals surface area (Å²) in [5.74, 6) is -1.21. The molecule has 0 bridgehead atoms. The number of H-pyrrole nitrogens is 1. The molecule has 4 N–H and O–H groups in total. The molecule has 4 unspecified atom stereocenters. The molecule has 0 fully saturated rings. The first-order chi connectivity index (χ1) is 24.1. The topological polar surface area (TPSA) is 151 Å². The van der Waals surface area contributed by atoms with E-state index < -0.39 is 29.8 Å². The number of esters is 1. The van der Waals surface area contributed by atoms with Crippen LogP contribution in [0.3, 0.4) is 0 Å². The molecule has 1 aliphatic heterocycles. The number of aromatic amines is 1. The van der Waals surface area contributed by atoms with Crippen LogP contribution >= 0.6 is 0 Å². The van der Waals surface area contributed by atoms with Crippen LogP contribution in [0.2, 0.25) is 0 Å². The Hall–Kier alpha value is -5.12. The number of Topliss-reactive ketones (excluding diaryl/α,β-unsaturated/α-hetero) is 1. The van der Waals surface area contributed by atoms with Gasteiger partial charge in [0.15, 0.2) is 0 Å². The maximum Gasteiger partial charge on any atom is 0.342 e. The van der Waals surface area contributed by atoms with Crippen LogP contribution in [0.1, 0.15) is 117 Å². The van der Waals surface area contributed by atoms with Gasteiger partial charge in [0.25, 0.3) is 0 Å². The Bertz CT molecular complexity index is 1810. The van der Waals surface area contributed by atoms with Crippen LogP contribution < -0.4 is 10.1 Å². The molecule has 0 radical (unpaired) electrons. The monoisotopic (exact) mass is 681 g/mol. The van der Waals surface area contributed by atoms with E-state index in [0.29, 0.717) is 55.7 Å². The molecule has 1 aromatic heterocycles. The Morgan fingerprint density at radius 1 is 1.10 bits per heavy atom. The highest BCUT2D eigenvalue weighted by Gasteiger charge is 2.32. The van der Waals surface area contributed by atoms with Crippen molar-refractivity contribution in [1.29, 1.82) is 0 Å². The summed E-state index contributed by atoms with van der Waals surface area (Å²) in [4.78, 5) is 48.1. The average molecular weight is 682 g/mol. The lowest BCUT2D eigenvalue weighted by Crippen LogP contribution is -2.34. The zero-order valence-electron chi connectivity index (χ0n) is 29.2. The van der Waals surface area contributed by atoms with Crippen molar-refractivity contribution in [3.8, 4) is 17.2 Å². The number of fused-ring (bicyclic) bond motifs is 2. The van der Waals surface area contributed by atoms with E-state index in [1.807, 2.05) is 44.2 Å². The van der Waals surface area contributed by atoms with Gasteiger partial charge in [0, 0.05) is 30.7 Å². The number of rotatable bonds is 9. The fourth-order valence-corrected chi connectivity index (χ4v) is 6.50. The van der Waals surface area contributed by atoms with Crippen LogP contribution in [0.15, 0.2) is 60.7 Å². The summed E-state index contributed by atoms with van der Waals surface area (Å²) in [6, 6.07) is 15.7. The fraction of sp³-hybridized carbons (Fsp3) is 0.400. The molecule has 0 aliphatic carbocycles. The van der Waals surface area contributed by atoms with Crippen LogP contribution in [0.5, 0.6) is 17.2 Å². The summed E-state index contributed by atoms with van der Waals surface area (Å²) >= 11 is 0. The number of phenolic OH excluding ortho intramolecular Hbond substituents is 2. The van der Waals surface area contributed by atoms with Crippen LogP contribution in [0.4, 0.5) is 0 Å². The van der Waals surface area contributed by atoms with Crippen molar-refractivity contribution in [1.82, 2.24) is 15.3 Å². The summed E-state index contributed by atoms with van der Waals surface area (Å²) in [5, 5.41) is 26.6. The Balaban J connectivity index is 1.55. The molecular weight excluding hydrogens is 634 g/mol. The molecule has 264 valence electrons. The smallest absolute Gasteiger partial charge is 0.342 e. The molecule has 3 aromatic carbocycles. The van der Waals surface area contributed by atoms with Crippen molar-refractivity contribution in [2.24, 2.45) is 5.92 Å². The minimum Gasteiger partial charge on any atom is -0.507 e. The second-order valence-corrected chi connectivity index (χ2v) is 13.2. The maximum atomic E-state index is 14.0. The molecule has 1 amide bonds. The number of imidazole rings is 1. The van der Waals surface area contributed by atoms with E-state index in [9.17, 15) is 24.6 Å². The van der Waals surface area contributed by atoms with E-state index >= 15 is 0 Å². The lowest BCUT2D eigenvalue weighted by atomic mass is 9.84. The highest BCUT2D eigenvalue weighted by atomic mass is 16.5. The molecule has 4 atom stereocenters. The number of phenols is 2. The Kier molecular flexibility index (Phi) is 12.0. The van der Waals surface area contributed by atoms with Crippen molar-refractivity contribution in [3.63, 3.8) is 0 Å². The first-order valence-electron chi connectivity index (χ1n) is 17.5. The van der Waals surface area contributed by atoms with Gasteiger partial charge in [0.05, 0.1) is 30.3 Å². The number of nitrogens with zero attached hydrogens (tertiary/aromatic N) is 1. The summed E-state index contributed by atoms with van der Waals surface area (Å²) < 4.78 is 11.1. The zero-order valence-corrected chi connectivity index (χ0v) is 29.2. The second-order valence-electron chi connectivity index (χ2n) is 13.2. The molecule has 1 aliphatic rings. The number of benzene rings is 3. The van der Waals surface area contributed by atoms with E-state index in [1.54, 1.807) is 44.4 Å². The van der Waals surface area contributed by atoms with Gasteiger partial charge in [-0.1, -0.05) is 56.7 Å². The van der Waals surface area contributed by atoms with Gasteiger partial charge in [-0.25, -0.2) is 9.78 Å². The van der Waals surface area contributed by atoms with Crippen LogP contribution in [0.25, 0.3) is 17.1 Å². The Labute approximate surface area is 292 Å². The summed E-state index contributed by atoms with van der Waals surface area (Å²) in [6.07, 6.45) is 6.77.